The zero-order valence-electron chi connectivity index (χ0n) is 33.6. The first kappa shape index (κ1) is 51.7. The number of aliphatic hydroxyl groups excluding tert-OH is 1. The molecule has 0 heterocycles. The van der Waals surface area contributed by atoms with Gasteiger partial charge in [-0.25, -0.2) is 4.57 Å². The van der Waals surface area contributed by atoms with Crippen LogP contribution in [0.3, 0.4) is 0 Å². The molecule has 0 bridgehead atoms. The van der Waals surface area contributed by atoms with Crippen LogP contribution in [0.5, 0.6) is 0 Å². The minimum atomic E-state index is -4.79. The highest BCUT2D eigenvalue weighted by atomic mass is 31.2. The summed E-state index contributed by atoms with van der Waals surface area (Å²) in [6.07, 6.45) is 51.9. The average molecular weight is 787 g/mol. The number of hydrogen-bond donors (Lipinski definition) is 3. The molecule has 0 rings (SSSR count). The smallest absolute Gasteiger partial charge is 0.462 e. The molecule has 0 aliphatic heterocycles. The Morgan fingerprint density at radius 1 is 0.564 bits per heavy atom. The molecule has 310 valence electrons. The van der Waals surface area contributed by atoms with Crippen LogP contribution >= 0.6 is 7.82 Å². The van der Waals surface area contributed by atoms with E-state index in [0.29, 0.717) is 25.7 Å². The molecule has 0 radical (unpaired) electrons. The fraction of sp³-hybridized carbons (Fsp3) is 0.556. The van der Waals surface area contributed by atoms with Crippen LogP contribution in [0.15, 0.2) is 109 Å². The quantitative estimate of drug-likeness (QED) is 0.0188. The monoisotopic (exact) mass is 786 g/mol. The maximum atomic E-state index is 12.4. The number of carbonyl (C=O) groups excluding carboxylic acids is 2. The lowest BCUT2D eigenvalue weighted by molar-refractivity contribution is -0.161. The highest BCUT2D eigenvalue weighted by Gasteiger charge is 2.22. The highest BCUT2D eigenvalue weighted by molar-refractivity contribution is 7.46. The SMILES string of the molecule is CCCCC/C=C\C/C=C\C/C=C\C/C=C\CCCCCC(=O)O[C@H](COC(=O)CCC/C=C\C/C=C\C/C=C\C/C=C\C=C\[C@@H](O)CC)COP(=O)(O)O. The number of phosphoric ester groups is 1. The van der Waals surface area contributed by atoms with Crippen LogP contribution in [0.25, 0.3) is 0 Å². The van der Waals surface area contributed by atoms with Gasteiger partial charge in [-0.15, -0.1) is 0 Å². The lowest BCUT2D eigenvalue weighted by atomic mass is 10.1. The van der Waals surface area contributed by atoms with E-state index in [4.69, 9.17) is 19.3 Å². The molecule has 0 saturated carbocycles. The van der Waals surface area contributed by atoms with E-state index in [1.54, 1.807) is 6.08 Å². The van der Waals surface area contributed by atoms with Crippen molar-refractivity contribution in [2.75, 3.05) is 13.2 Å². The standard InChI is InChI=1S/C45H71O9P/c1-3-5-6-7-8-9-10-11-12-13-14-15-16-21-24-27-30-33-36-39-45(48)54-43(41-53-55(49,50)51)40-52-44(47)38-35-32-29-26-23-20-18-17-19-22-25-28-31-34-37-42(46)4-2/h8-9,11-12,14-15,18-22,24,26,28-29,31,34,37,42-43,46H,3-7,10,13,16-17,23,25,27,30,32-33,35-36,38-41H2,1-2H3,(H2,49,50,51)/b9-8-,12-11-,15-14-,20-18-,22-19-,24-21-,29-26-,31-28-,37-34+/t42-,43+/m0/s1. The van der Waals surface area contributed by atoms with E-state index in [1.807, 2.05) is 37.3 Å². The van der Waals surface area contributed by atoms with E-state index in [1.165, 1.54) is 25.7 Å². The van der Waals surface area contributed by atoms with Gasteiger partial charge in [0.1, 0.15) is 6.61 Å². The predicted molar refractivity (Wildman–Crippen MR) is 226 cm³/mol. The summed E-state index contributed by atoms with van der Waals surface area (Å²) >= 11 is 0. The first-order valence-electron chi connectivity index (χ1n) is 20.3. The number of ether oxygens (including phenoxy) is 2. The molecule has 0 aromatic rings. The molecular weight excluding hydrogens is 715 g/mol. The summed E-state index contributed by atoms with van der Waals surface area (Å²) in [7, 11) is -4.79. The molecule has 10 heteroatoms. The molecule has 0 fully saturated rings. The van der Waals surface area contributed by atoms with Crippen LogP contribution < -0.4 is 0 Å². The zero-order chi connectivity index (χ0) is 40.5. The van der Waals surface area contributed by atoms with Crippen molar-refractivity contribution in [1.29, 1.82) is 0 Å². The Labute approximate surface area is 332 Å². The number of phosphoric acid groups is 1. The molecule has 0 aliphatic carbocycles. The first-order chi connectivity index (χ1) is 26.7. The van der Waals surface area contributed by atoms with Gasteiger partial charge in [-0.2, -0.15) is 0 Å². The van der Waals surface area contributed by atoms with E-state index in [2.05, 4.69) is 84.4 Å². The van der Waals surface area contributed by atoms with Gasteiger partial charge in [-0.3, -0.25) is 14.1 Å². The summed E-state index contributed by atoms with van der Waals surface area (Å²) in [5.41, 5.74) is 0. The molecule has 0 aromatic carbocycles. The molecule has 0 saturated heterocycles. The van der Waals surface area contributed by atoms with Crippen LogP contribution in [0.1, 0.15) is 136 Å². The third kappa shape index (κ3) is 41.7. The average Bonchev–Trinajstić information content (AvgIpc) is 3.16. The van der Waals surface area contributed by atoms with Crippen LogP contribution in [0.2, 0.25) is 0 Å². The lowest BCUT2D eigenvalue weighted by Gasteiger charge is -2.18. The van der Waals surface area contributed by atoms with Gasteiger partial charge >= 0.3 is 19.8 Å². The molecule has 0 aromatic heterocycles. The summed E-state index contributed by atoms with van der Waals surface area (Å²) in [5, 5.41) is 9.45. The number of esters is 2. The second kappa shape index (κ2) is 38.9. The molecule has 55 heavy (non-hydrogen) atoms. The lowest BCUT2D eigenvalue weighted by Crippen LogP contribution is -2.29. The molecular formula is C45H71O9P. The van der Waals surface area contributed by atoms with Gasteiger partial charge in [0.15, 0.2) is 6.10 Å². The van der Waals surface area contributed by atoms with Crippen molar-refractivity contribution >= 4 is 19.8 Å². The minimum Gasteiger partial charge on any atom is -0.462 e. The Kier molecular flexibility index (Phi) is 36.6. The summed E-state index contributed by atoms with van der Waals surface area (Å²) in [4.78, 5) is 42.8. The number of carbonyl (C=O) groups is 2. The fourth-order valence-corrected chi connectivity index (χ4v) is 5.11. The van der Waals surface area contributed by atoms with Crippen molar-refractivity contribution in [1.82, 2.24) is 0 Å². The largest absolute Gasteiger partial charge is 0.469 e. The molecule has 9 nitrogen and oxygen atoms in total. The summed E-state index contributed by atoms with van der Waals surface area (Å²) in [5.74, 6) is -1.02. The van der Waals surface area contributed by atoms with Crippen molar-refractivity contribution in [2.45, 2.75) is 148 Å². The molecule has 3 N–H and O–H groups in total. The van der Waals surface area contributed by atoms with Crippen LogP contribution in [-0.2, 0) is 28.2 Å². The Hall–Kier alpha value is -3.33. The Morgan fingerprint density at radius 3 is 1.55 bits per heavy atom. The minimum absolute atomic E-state index is 0.148. The molecule has 0 amide bonds. The van der Waals surface area contributed by atoms with Crippen LogP contribution in [0.4, 0.5) is 0 Å². The maximum absolute atomic E-state index is 12.4. The van der Waals surface area contributed by atoms with Gasteiger partial charge in [0, 0.05) is 12.8 Å². The van der Waals surface area contributed by atoms with Crippen molar-refractivity contribution in [3.8, 4) is 0 Å². The van der Waals surface area contributed by atoms with E-state index >= 15 is 0 Å². The topological polar surface area (TPSA) is 140 Å². The highest BCUT2D eigenvalue weighted by Crippen LogP contribution is 2.36. The predicted octanol–water partition coefficient (Wildman–Crippen LogP) is 11.4. The van der Waals surface area contributed by atoms with Crippen molar-refractivity contribution < 1.29 is 43.0 Å². The number of unbranched alkanes of at least 4 members (excludes halogenated alkanes) is 7. The second-order valence-electron chi connectivity index (χ2n) is 13.1. The van der Waals surface area contributed by atoms with E-state index in [0.717, 1.165) is 57.8 Å². The number of allylic oxidation sites excluding steroid dienone is 17. The van der Waals surface area contributed by atoms with Crippen LogP contribution in [0, 0.1) is 0 Å². The van der Waals surface area contributed by atoms with E-state index in [9.17, 15) is 19.3 Å². The van der Waals surface area contributed by atoms with Gasteiger partial charge < -0.3 is 24.4 Å². The van der Waals surface area contributed by atoms with Gasteiger partial charge in [-0.1, -0.05) is 142 Å². The van der Waals surface area contributed by atoms with Gasteiger partial charge in [0.05, 0.1) is 12.7 Å². The molecule has 2 atom stereocenters. The third-order valence-electron chi connectivity index (χ3n) is 7.93. The van der Waals surface area contributed by atoms with Crippen LogP contribution in [-0.4, -0.2) is 52.3 Å². The second-order valence-corrected chi connectivity index (χ2v) is 14.3. The van der Waals surface area contributed by atoms with Crippen molar-refractivity contribution in [3.63, 3.8) is 0 Å². The third-order valence-corrected chi connectivity index (χ3v) is 8.42. The number of hydrogen-bond acceptors (Lipinski definition) is 7. The van der Waals surface area contributed by atoms with Crippen molar-refractivity contribution in [2.24, 2.45) is 0 Å². The Morgan fingerprint density at radius 2 is 1.04 bits per heavy atom. The van der Waals surface area contributed by atoms with Gasteiger partial charge in [-0.05, 0) is 89.9 Å². The molecule has 0 aliphatic rings. The summed E-state index contributed by atoms with van der Waals surface area (Å²) in [6.45, 7) is 3.23. The summed E-state index contributed by atoms with van der Waals surface area (Å²) < 4.78 is 26.3. The van der Waals surface area contributed by atoms with Gasteiger partial charge in [0.2, 0.25) is 0 Å². The summed E-state index contributed by atoms with van der Waals surface area (Å²) in [6, 6.07) is 0. The molecule has 0 unspecified atom stereocenters. The van der Waals surface area contributed by atoms with E-state index in [-0.39, 0.29) is 25.6 Å². The van der Waals surface area contributed by atoms with Gasteiger partial charge in [0.25, 0.3) is 0 Å². The fourth-order valence-electron chi connectivity index (χ4n) is 4.75. The maximum Gasteiger partial charge on any atom is 0.469 e. The normalized spacial score (nSPS) is 14.2. The Bertz CT molecular complexity index is 1270. The number of aliphatic hydroxyl groups is 1. The zero-order valence-corrected chi connectivity index (χ0v) is 34.5. The van der Waals surface area contributed by atoms with Crippen molar-refractivity contribution in [3.05, 3.63) is 109 Å². The Balaban J connectivity index is 4.15. The molecule has 0 spiro atoms. The number of rotatable bonds is 35. The first-order valence-corrected chi connectivity index (χ1v) is 21.8. The van der Waals surface area contributed by atoms with E-state index < -0.39 is 32.5 Å².